The van der Waals surface area contributed by atoms with Crippen LogP contribution >= 0.6 is 0 Å². The van der Waals surface area contributed by atoms with Gasteiger partial charge in [-0.15, -0.1) is 0 Å². The molecular weight excluding hydrogens is 410 g/mol. The van der Waals surface area contributed by atoms with Crippen LogP contribution in [0.15, 0.2) is 36.4 Å². The second-order valence-electron chi connectivity index (χ2n) is 8.47. The van der Waals surface area contributed by atoms with Crippen molar-refractivity contribution in [2.75, 3.05) is 59.8 Å². The average molecular weight is 440 g/mol. The van der Waals surface area contributed by atoms with Gasteiger partial charge in [0.05, 0.1) is 6.54 Å². The van der Waals surface area contributed by atoms with Crippen LogP contribution in [-0.2, 0) is 17.9 Å². The second kappa shape index (κ2) is 9.26. The highest BCUT2D eigenvalue weighted by molar-refractivity contribution is 5.78. The van der Waals surface area contributed by atoms with E-state index in [4.69, 9.17) is 18.9 Å². The largest absolute Gasteiger partial charge is 0.486 e. The number of hydrogen-bond acceptors (Lipinski definition) is 7. The Labute approximate surface area is 188 Å². The van der Waals surface area contributed by atoms with Crippen molar-refractivity contribution >= 4 is 5.91 Å². The minimum Gasteiger partial charge on any atom is -0.486 e. The van der Waals surface area contributed by atoms with E-state index < -0.39 is 0 Å². The summed E-state index contributed by atoms with van der Waals surface area (Å²) in [6, 6.07) is 12.0. The zero-order chi connectivity index (χ0) is 21.9. The smallest absolute Gasteiger partial charge is 0.236 e. The zero-order valence-corrected chi connectivity index (χ0v) is 18.4. The van der Waals surface area contributed by atoms with Crippen LogP contribution in [0.4, 0.5) is 0 Å². The third kappa shape index (κ3) is 4.76. The molecule has 0 unspecified atom stereocenters. The first kappa shape index (κ1) is 20.9. The van der Waals surface area contributed by atoms with Gasteiger partial charge in [0.15, 0.2) is 23.0 Å². The van der Waals surface area contributed by atoms with Crippen LogP contribution in [0.25, 0.3) is 0 Å². The van der Waals surface area contributed by atoms with Crippen molar-refractivity contribution in [3.05, 3.63) is 47.5 Å². The molecule has 3 aliphatic rings. The number of carbonyl (C=O) groups is 1. The molecule has 170 valence electrons. The molecule has 1 saturated heterocycles. The fourth-order valence-electron chi connectivity index (χ4n) is 4.26. The average Bonchev–Trinajstić information content (AvgIpc) is 3.28. The lowest BCUT2D eigenvalue weighted by Crippen LogP contribution is -2.49. The van der Waals surface area contributed by atoms with Crippen LogP contribution in [0.3, 0.4) is 0 Å². The van der Waals surface area contributed by atoms with E-state index in [0.717, 1.165) is 61.3 Å². The van der Waals surface area contributed by atoms with Crippen molar-refractivity contribution in [2.24, 2.45) is 0 Å². The molecule has 1 amide bonds. The molecule has 3 aliphatic heterocycles. The van der Waals surface area contributed by atoms with E-state index >= 15 is 0 Å². The summed E-state index contributed by atoms with van der Waals surface area (Å²) >= 11 is 0. The number of benzene rings is 2. The Kier molecular flexibility index (Phi) is 6.05. The van der Waals surface area contributed by atoms with E-state index in [2.05, 4.69) is 21.9 Å². The van der Waals surface area contributed by atoms with Gasteiger partial charge in [0.2, 0.25) is 12.7 Å². The molecule has 0 atom stereocenters. The molecule has 0 spiro atoms. The summed E-state index contributed by atoms with van der Waals surface area (Å²) in [5.74, 6) is 3.30. The lowest BCUT2D eigenvalue weighted by Gasteiger charge is -2.35. The Morgan fingerprint density at radius 1 is 0.812 bits per heavy atom. The van der Waals surface area contributed by atoms with Gasteiger partial charge in [-0.05, 0) is 35.4 Å². The van der Waals surface area contributed by atoms with Gasteiger partial charge in [0, 0.05) is 46.3 Å². The van der Waals surface area contributed by atoms with Crippen LogP contribution < -0.4 is 18.9 Å². The van der Waals surface area contributed by atoms with E-state index in [1.807, 2.05) is 31.3 Å². The molecule has 2 aromatic carbocycles. The molecule has 3 heterocycles. The van der Waals surface area contributed by atoms with Crippen LogP contribution in [-0.4, -0.2) is 80.4 Å². The monoisotopic (exact) mass is 439 g/mol. The summed E-state index contributed by atoms with van der Waals surface area (Å²) in [7, 11) is 1.86. The number of ether oxygens (including phenoxy) is 4. The van der Waals surface area contributed by atoms with Gasteiger partial charge in [-0.25, -0.2) is 0 Å². The summed E-state index contributed by atoms with van der Waals surface area (Å²) in [6.45, 7) is 6.96. The zero-order valence-electron chi connectivity index (χ0n) is 18.4. The van der Waals surface area contributed by atoms with E-state index in [0.29, 0.717) is 33.1 Å². The van der Waals surface area contributed by atoms with Gasteiger partial charge in [-0.2, -0.15) is 0 Å². The Bertz CT molecular complexity index is 974. The number of nitrogens with zero attached hydrogens (tertiary/aromatic N) is 3. The van der Waals surface area contributed by atoms with Gasteiger partial charge in [-0.3, -0.25) is 14.6 Å². The fraction of sp³-hybridized carbons (Fsp3) is 0.458. The summed E-state index contributed by atoms with van der Waals surface area (Å²) in [4.78, 5) is 19.2. The van der Waals surface area contributed by atoms with Crippen molar-refractivity contribution in [1.29, 1.82) is 0 Å². The first-order chi connectivity index (χ1) is 15.6. The molecule has 32 heavy (non-hydrogen) atoms. The third-order valence-electron chi connectivity index (χ3n) is 6.12. The van der Waals surface area contributed by atoms with Gasteiger partial charge in [0.25, 0.3) is 0 Å². The minimum absolute atomic E-state index is 0.129. The summed E-state index contributed by atoms with van der Waals surface area (Å²) in [5, 5.41) is 0. The predicted octanol–water partition coefficient (Wildman–Crippen LogP) is 1.96. The molecule has 0 N–H and O–H groups in total. The Balaban J connectivity index is 1.08. The summed E-state index contributed by atoms with van der Waals surface area (Å²) in [6.07, 6.45) is 0. The van der Waals surface area contributed by atoms with Crippen LogP contribution in [0, 0.1) is 0 Å². The van der Waals surface area contributed by atoms with Gasteiger partial charge in [-0.1, -0.05) is 12.1 Å². The van der Waals surface area contributed by atoms with E-state index in [1.54, 1.807) is 4.90 Å². The Morgan fingerprint density at radius 2 is 1.41 bits per heavy atom. The van der Waals surface area contributed by atoms with Gasteiger partial charge in [0.1, 0.15) is 13.2 Å². The van der Waals surface area contributed by atoms with Crippen LogP contribution in [0.5, 0.6) is 23.0 Å². The Hall–Kier alpha value is -2.97. The van der Waals surface area contributed by atoms with Crippen LogP contribution in [0.2, 0.25) is 0 Å². The normalized spacial score (nSPS) is 17.9. The van der Waals surface area contributed by atoms with Crippen molar-refractivity contribution in [3.63, 3.8) is 0 Å². The maximum absolute atomic E-state index is 12.8. The topological polar surface area (TPSA) is 63.7 Å². The molecular formula is C24H29N3O5. The molecule has 0 aliphatic carbocycles. The van der Waals surface area contributed by atoms with Crippen molar-refractivity contribution in [2.45, 2.75) is 13.1 Å². The van der Waals surface area contributed by atoms with Gasteiger partial charge < -0.3 is 23.8 Å². The molecule has 0 bridgehead atoms. The van der Waals surface area contributed by atoms with Crippen LogP contribution in [0.1, 0.15) is 11.1 Å². The minimum atomic E-state index is 0.129. The SMILES string of the molecule is CN(Cc1ccc2c(c1)OCCO2)C(=O)CN1CCN(Cc2ccc3c(c2)OCO3)CC1. The number of fused-ring (bicyclic) bond motifs is 2. The summed E-state index contributed by atoms with van der Waals surface area (Å²) in [5.41, 5.74) is 2.26. The first-order valence-corrected chi connectivity index (χ1v) is 11.1. The van der Waals surface area contributed by atoms with Gasteiger partial charge >= 0.3 is 0 Å². The maximum atomic E-state index is 12.8. The molecule has 2 aromatic rings. The van der Waals surface area contributed by atoms with Crippen molar-refractivity contribution in [3.8, 4) is 23.0 Å². The fourth-order valence-corrected chi connectivity index (χ4v) is 4.26. The highest BCUT2D eigenvalue weighted by Gasteiger charge is 2.22. The number of carbonyl (C=O) groups excluding carboxylic acids is 1. The third-order valence-corrected chi connectivity index (χ3v) is 6.12. The number of rotatable bonds is 6. The van der Waals surface area contributed by atoms with Crippen molar-refractivity contribution < 1.29 is 23.7 Å². The van der Waals surface area contributed by atoms with E-state index in [1.165, 1.54) is 5.56 Å². The highest BCUT2D eigenvalue weighted by atomic mass is 16.7. The molecule has 5 rings (SSSR count). The highest BCUT2D eigenvalue weighted by Crippen LogP contribution is 2.33. The molecule has 0 saturated carbocycles. The Morgan fingerprint density at radius 3 is 2.22 bits per heavy atom. The number of hydrogen-bond donors (Lipinski definition) is 0. The van der Waals surface area contributed by atoms with Crippen molar-refractivity contribution in [1.82, 2.24) is 14.7 Å². The number of amides is 1. The predicted molar refractivity (Wildman–Crippen MR) is 118 cm³/mol. The standard InChI is InChI=1S/C24H29N3O5/c1-25(14-18-2-4-20-22(12-18)30-11-10-29-20)24(28)16-27-8-6-26(7-9-27)15-19-3-5-21-23(13-19)32-17-31-21/h2-5,12-13H,6-11,14-17H2,1H3. The molecule has 1 fully saturated rings. The number of piperazine rings is 1. The molecule has 0 aromatic heterocycles. The molecule has 0 radical (unpaired) electrons. The quantitative estimate of drug-likeness (QED) is 0.682. The van der Waals surface area contributed by atoms with E-state index in [-0.39, 0.29) is 5.91 Å². The maximum Gasteiger partial charge on any atom is 0.236 e. The number of likely N-dealkylation sites (N-methyl/N-ethyl adjacent to an activating group) is 1. The van der Waals surface area contributed by atoms with E-state index in [9.17, 15) is 4.79 Å². The lowest BCUT2D eigenvalue weighted by atomic mass is 10.1. The first-order valence-electron chi connectivity index (χ1n) is 11.1. The lowest BCUT2D eigenvalue weighted by molar-refractivity contribution is -0.132. The molecule has 8 heteroatoms. The molecule has 8 nitrogen and oxygen atoms in total. The summed E-state index contributed by atoms with van der Waals surface area (Å²) < 4.78 is 22.1. The second-order valence-corrected chi connectivity index (χ2v) is 8.47.